The van der Waals surface area contributed by atoms with E-state index in [-0.39, 0.29) is 5.91 Å². The van der Waals surface area contributed by atoms with Crippen LogP contribution in [0.25, 0.3) is 6.08 Å². The Morgan fingerprint density at radius 1 is 1.19 bits per heavy atom. The van der Waals surface area contributed by atoms with E-state index in [1.807, 2.05) is 42.6 Å². The highest BCUT2D eigenvalue weighted by molar-refractivity contribution is 8.18. The van der Waals surface area contributed by atoms with Crippen LogP contribution in [0.2, 0.25) is 0 Å². The molecule has 1 aromatic carbocycles. The summed E-state index contributed by atoms with van der Waals surface area (Å²) >= 11 is 3.00. The first-order valence-corrected chi connectivity index (χ1v) is 8.22. The van der Waals surface area contributed by atoms with Crippen LogP contribution >= 0.6 is 23.1 Å². The van der Waals surface area contributed by atoms with Crippen molar-refractivity contribution in [1.82, 2.24) is 5.32 Å². The van der Waals surface area contributed by atoms with Gasteiger partial charge in [0.15, 0.2) is 5.17 Å². The van der Waals surface area contributed by atoms with E-state index in [1.165, 1.54) is 17.3 Å². The Kier molecular flexibility index (Phi) is 3.94. The van der Waals surface area contributed by atoms with E-state index in [1.54, 1.807) is 11.3 Å². The molecule has 2 aromatic rings. The van der Waals surface area contributed by atoms with Crippen LogP contribution in [0.4, 0.5) is 5.69 Å². The number of benzene rings is 1. The van der Waals surface area contributed by atoms with Crippen LogP contribution in [-0.4, -0.2) is 11.1 Å². The number of rotatable bonds is 2. The molecule has 0 radical (unpaired) electrons. The maximum Gasteiger partial charge on any atom is 0.264 e. The van der Waals surface area contributed by atoms with Gasteiger partial charge in [-0.2, -0.15) is 0 Å². The number of hydrogen-bond acceptors (Lipinski definition) is 4. The Morgan fingerprint density at radius 3 is 2.81 bits per heavy atom. The standard InChI is InChI=1S/C16H14N2OS2/c1-10-5-3-7-13(11(10)2)17-16-18-15(19)14(21-16)9-12-6-4-8-20-12/h3-9H,1-2H3,(H,17,18,19)/b14-9+. The third-order valence-electron chi connectivity index (χ3n) is 3.27. The van der Waals surface area contributed by atoms with Crippen molar-refractivity contribution in [3.63, 3.8) is 0 Å². The van der Waals surface area contributed by atoms with Crippen molar-refractivity contribution in [2.24, 2.45) is 4.99 Å². The Labute approximate surface area is 131 Å². The number of nitrogens with zero attached hydrogens (tertiary/aromatic N) is 1. The quantitative estimate of drug-likeness (QED) is 0.842. The van der Waals surface area contributed by atoms with Crippen LogP contribution in [0.3, 0.4) is 0 Å². The molecule has 1 aromatic heterocycles. The first kappa shape index (κ1) is 14.1. The van der Waals surface area contributed by atoms with Crippen molar-refractivity contribution in [2.75, 3.05) is 0 Å². The lowest BCUT2D eigenvalue weighted by atomic mass is 10.1. The largest absolute Gasteiger partial charge is 0.300 e. The number of carbonyl (C=O) groups is 1. The molecular formula is C16H14N2OS2. The van der Waals surface area contributed by atoms with Crippen molar-refractivity contribution in [3.8, 4) is 0 Å². The normalized spacial score (nSPS) is 18.5. The number of amidine groups is 1. The van der Waals surface area contributed by atoms with Gasteiger partial charge in [-0.25, -0.2) is 4.99 Å². The van der Waals surface area contributed by atoms with Gasteiger partial charge < -0.3 is 5.32 Å². The van der Waals surface area contributed by atoms with Crippen molar-refractivity contribution < 1.29 is 4.79 Å². The van der Waals surface area contributed by atoms with Crippen LogP contribution in [-0.2, 0) is 4.79 Å². The fraction of sp³-hybridized carbons (Fsp3) is 0.125. The monoisotopic (exact) mass is 314 g/mol. The van der Waals surface area contributed by atoms with E-state index in [9.17, 15) is 4.79 Å². The minimum Gasteiger partial charge on any atom is -0.300 e. The molecule has 2 heterocycles. The summed E-state index contributed by atoms with van der Waals surface area (Å²) in [7, 11) is 0. The molecular weight excluding hydrogens is 300 g/mol. The molecule has 106 valence electrons. The predicted octanol–water partition coefficient (Wildman–Crippen LogP) is 4.26. The maximum absolute atomic E-state index is 12.0. The fourth-order valence-electron chi connectivity index (χ4n) is 1.95. The predicted molar refractivity (Wildman–Crippen MR) is 91.0 cm³/mol. The summed E-state index contributed by atoms with van der Waals surface area (Å²) in [5.41, 5.74) is 3.23. The summed E-state index contributed by atoms with van der Waals surface area (Å²) in [6.07, 6.45) is 1.90. The molecule has 21 heavy (non-hydrogen) atoms. The third kappa shape index (κ3) is 3.09. The van der Waals surface area contributed by atoms with Gasteiger partial charge in [-0.15, -0.1) is 11.3 Å². The second kappa shape index (κ2) is 5.87. The first-order valence-electron chi connectivity index (χ1n) is 6.53. The second-order valence-corrected chi connectivity index (χ2v) is 6.73. The summed E-state index contributed by atoms with van der Waals surface area (Å²) in [5.74, 6) is -0.0857. The average Bonchev–Trinajstić information content (AvgIpc) is 3.07. The van der Waals surface area contributed by atoms with E-state index >= 15 is 0 Å². The number of hydrogen-bond donors (Lipinski definition) is 1. The zero-order valence-electron chi connectivity index (χ0n) is 11.7. The van der Waals surface area contributed by atoms with Crippen molar-refractivity contribution in [3.05, 3.63) is 56.6 Å². The third-order valence-corrected chi connectivity index (χ3v) is 4.99. The zero-order chi connectivity index (χ0) is 14.8. The molecule has 1 aliphatic heterocycles. The topological polar surface area (TPSA) is 41.5 Å². The number of carbonyl (C=O) groups excluding carboxylic acids is 1. The molecule has 0 unspecified atom stereocenters. The fourth-order valence-corrected chi connectivity index (χ4v) is 3.51. The molecule has 0 aliphatic carbocycles. The van der Waals surface area contributed by atoms with E-state index in [4.69, 9.17) is 0 Å². The van der Waals surface area contributed by atoms with Crippen LogP contribution < -0.4 is 5.32 Å². The van der Waals surface area contributed by atoms with Gasteiger partial charge in [-0.05, 0) is 60.3 Å². The van der Waals surface area contributed by atoms with Crippen LogP contribution in [0.5, 0.6) is 0 Å². The van der Waals surface area contributed by atoms with Crippen LogP contribution in [0.1, 0.15) is 16.0 Å². The summed E-state index contributed by atoms with van der Waals surface area (Å²) in [6, 6.07) is 9.96. The van der Waals surface area contributed by atoms with Gasteiger partial charge in [0.25, 0.3) is 5.91 Å². The van der Waals surface area contributed by atoms with Gasteiger partial charge >= 0.3 is 0 Å². The number of nitrogens with one attached hydrogen (secondary N) is 1. The molecule has 1 aliphatic rings. The average molecular weight is 314 g/mol. The molecule has 3 nitrogen and oxygen atoms in total. The molecule has 0 spiro atoms. The molecule has 0 atom stereocenters. The zero-order valence-corrected chi connectivity index (χ0v) is 13.3. The molecule has 5 heteroatoms. The Hall–Kier alpha value is -1.85. The Bertz CT molecular complexity index is 746. The molecule has 0 saturated carbocycles. The van der Waals surface area contributed by atoms with Gasteiger partial charge in [-0.1, -0.05) is 18.2 Å². The molecule has 1 fully saturated rings. The number of amides is 1. The van der Waals surface area contributed by atoms with Crippen molar-refractivity contribution >= 4 is 45.9 Å². The molecule has 3 rings (SSSR count). The maximum atomic E-state index is 12.0. The summed E-state index contributed by atoms with van der Waals surface area (Å²) in [5, 5.41) is 5.45. The van der Waals surface area contributed by atoms with E-state index in [2.05, 4.69) is 23.3 Å². The van der Waals surface area contributed by atoms with Gasteiger partial charge in [-0.3, -0.25) is 4.79 Å². The highest BCUT2D eigenvalue weighted by Gasteiger charge is 2.24. The van der Waals surface area contributed by atoms with Gasteiger partial charge in [0.05, 0.1) is 10.6 Å². The lowest BCUT2D eigenvalue weighted by molar-refractivity contribution is -0.115. The summed E-state index contributed by atoms with van der Waals surface area (Å²) < 4.78 is 0. The molecule has 1 amide bonds. The Morgan fingerprint density at radius 2 is 2.05 bits per heavy atom. The number of thiophene rings is 1. The highest BCUT2D eigenvalue weighted by atomic mass is 32.2. The Balaban J connectivity index is 1.87. The molecule has 0 bridgehead atoms. The second-order valence-electron chi connectivity index (χ2n) is 4.72. The molecule has 1 N–H and O–H groups in total. The number of thioether (sulfide) groups is 1. The van der Waals surface area contributed by atoms with Crippen LogP contribution in [0.15, 0.2) is 45.6 Å². The van der Waals surface area contributed by atoms with Crippen molar-refractivity contribution in [1.29, 1.82) is 0 Å². The minimum atomic E-state index is -0.0857. The SMILES string of the molecule is Cc1cccc(N=C2NC(=O)/C(=C\c3cccs3)S2)c1C. The lowest BCUT2D eigenvalue weighted by Gasteiger charge is -2.04. The highest BCUT2D eigenvalue weighted by Crippen LogP contribution is 2.30. The number of aliphatic imine (C=N–C) groups is 1. The lowest BCUT2D eigenvalue weighted by Crippen LogP contribution is -2.19. The summed E-state index contributed by atoms with van der Waals surface area (Å²) in [4.78, 5) is 18.3. The molecule has 1 saturated heterocycles. The van der Waals surface area contributed by atoms with E-state index in [0.29, 0.717) is 10.1 Å². The van der Waals surface area contributed by atoms with E-state index in [0.717, 1.165) is 16.1 Å². The van der Waals surface area contributed by atoms with E-state index < -0.39 is 0 Å². The van der Waals surface area contributed by atoms with Crippen molar-refractivity contribution in [2.45, 2.75) is 13.8 Å². The number of aryl methyl sites for hydroxylation is 1. The van der Waals surface area contributed by atoms with Crippen LogP contribution in [0, 0.1) is 13.8 Å². The first-order chi connectivity index (χ1) is 10.1. The smallest absolute Gasteiger partial charge is 0.264 e. The van der Waals surface area contributed by atoms with Gasteiger partial charge in [0, 0.05) is 4.88 Å². The minimum absolute atomic E-state index is 0.0857. The summed E-state index contributed by atoms with van der Waals surface area (Å²) in [6.45, 7) is 4.10. The van der Waals surface area contributed by atoms with Gasteiger partial charge in [0.2, 0.25) is 0 Å². The van der Waals surface area contributed by atoms with Gasteiger partial charge in [0.1, 0.15) is 0 Å².